The van der Waals surface area contributed by atoms with Crippen molar-refractivity contribution in [2.75, 3.05) is 0 Å². The molecule has 0 aliphatic heterocycles. The minimum Gasteiger partial charge on any atom is -0.301 e. The molecule has 2 heterocycles. The van der Waals surface area contributed by atoms with Crippen molar-refractivity contribution in [2.45, 2.75) is 32.9 Å². The predicted molar refractivity (Wildman–Crippen MR) is 73.3 cm³/mol. The fourth-order valence-corrected chi connectivity index (χ4v) is 2.94. The van der Waals surface area contributed by atoms with Crippen LogP contribution >= 0.6 is 11.3 Å². The number of aromatic nitrogens is 1. The lowest BCUT2D eigenvalue weighted by Gasteiger charge is -2.19. The van der Waals surface area contributed by atoms with Gasteiger partial charge in [0.25, 0.3) is 0 Å². The summed E-state index contributed by atoms with van der Waals surface area (Å²) in [6, 6.07) is 8.85. The van der Waals surface area contributed by atoms with Gasteiger partial charge in [-0.1, -0.05) is 6.07 Å². The van der Waals surface area contributed by atoms with E-state index >= 15 is 0 Å². The summed E-state index contributed by atoms with van der Waals surface area (Å²) in [5, 5.41) is 5.73. The Kier molecular flexibility index (Phi) is 3.92. The maximum atomic E-state index is 4.38. The van der Waals surface area contributed by atoms with Crippen molar-refractivity contribution in [1.29, 1.82) is 0 Å². The summed E-state index contributed by atoms with van der Waals surface area (Å²) >= 11 is 1.81. The van der Waals surface area contributed by atoms with Crippen LogP contribution in [0.1, 0.15) is 42.1 Å². The second-order valence-corrected chi connectivity index (χ2v) is 5.28. The van der Waals surface area contributed by atoms with Crippen LogP contribution in [-0.2, 0) is 0 Å². The van der Waals surface area contributed by atoms with Gasteiger partial charge >= 0.3 is 0 Å². The molecule has 0 amide bonds. The molecule has 90 valence electrons. The third-order valence-electron chi connectivity index (χ3n) is 2.93. The largest absolute Gasteiger partial charge is 0.301 e. The highest BCUT2D eigenvalue weighted by atomic mass is 32.1. The molecule has 1 unspecified atom stereocenters. The first-order valence-electron chi connectivity index (χ1n) is 5.89. The lowest BCUT2D eigenvalue weighted by atomic mass is 10.1. The molecule has 0 radical (unpaired) electrons. The van der Waals surface area contributed by atoms with E-state index in [0.717, 1.165) is 5.69 Å². The molecule has 2 aromatic rings. The Bertz CT molecular complexity index is 464. The molecule has 0 bridgehead atoms. The van der Waals surface area contributed by atoms with Gasteiger partial charge < -0.3 is 5.32 Å². The molecule has 2 rings (SSSR count). The van der Waals surface area contributed by atoms with Crippen LogP contribution in [0.5, 0.6) is 0 Å². The Balaban J connectivity index is 2.05. The van der Waals surface area contributed by atoms with Crippen molar-refractivity contribution in [2.24, 2.45) is 0 Å². The summed E-state index contributed by atoms with van der Waals surface area (Å²) in [4.78, 5) is 5.79. The molecule has 2 aromatic heterocycles. The van der Waals surface area contributed by atoms with Gasteiger partial charge in [-0.15, -0.1) is 11.3 Å². The van der Waals surface area contributed by atoms with Crippen LogP contribution in [0.15, 0.2) is 35.8 Å². The zero-order chi connectivity index (χ0) is 12.3. The fourth-order valence-electron chi connectivity index (χ4n) is 2.00. The Labute approximate surface area is 107 Å². The van der Waals surface area contributed by atoms with Crippen molar-refractivity contribution in [3.8, 4) is 0 Å². The third kappa shape index (κ3) is 2.93. The first kappa shape index (κ1) is 12.3. The quantitative estimate of drug-likeness (QED) is 0.886. The number of hydrogen-bond donors (Lipinski definition) is 1. The van der Waals surface area contributed by atoms with Gasteiger partial charge in [0, 0.05) is 23.2 Å². The second kappa shape index (κ2) is 5.43. The molecule has 0 spiro atoms. The monoisotopic (exact) mass is 246 g/mol. The third-order valence-corrected chi connectivity index (χ3v) is 4.13. The van der Waals surface area contributed by atoms with Crippen LogP contribution in [0, 0.1) is 6.92 Å². The van der Waals surface area contributed by atoms with Crippen LogP contribution < -0.4 is 5.32 Å². The lowest BCUT2D eigenvalue weighted by molar-refractivity contribution is 0.490. The number of rotatable bonds is 4. The number of nitrogens with zero attached hydrogens (tertiary/aromatic N) is 1. The number of aryl methyl sites for hydroxylation is 1. The summed E-state index contributed by atoms with van der Waals surface area (Å²) in [5.74, 6) is 0. The maximum absolute atomic E-state index is 4.38. The Hall–Kier alpha value is -1.19. The molecule has 0 aliphatic carbocycles. The molecule has 0 saturated carbocycles. The van der Waals surface area contributed by atoms with E-state index in [1.54, 1.807) is 0 Å². The summed E-state index contributed by atoms with van der Waals surface area (Å²) in [5.41, 5.74) is 2.46. The zero-order valence-electron chi connectivity index (χ0n) is 10.5. The van der Waals surface area contributed by atoms with Crippen molar-refractivity contribution in [1.82, 2.24) is 10.3 Å². The molecule has 0 fully saturated rings. The Morgan fingerprint density at radius 3 is 2.59 bits per heavy atom. The summed E-state index contributed by atoms with van der Waals surface area (Å²) < 4.78 is 0. The molecule has 0 aliphatic rings. The van der Waals surface area contributed by atoms with Gasteiger partial charge in [0.2, 0.25) is 0 Å². The Morgan fingerprint density at radius 1 is 1.18 bits per heavy atom. The van der Waals surface area contributed by atoms with Gasteiger partial charge in [0.05, 0.1) is 5.69 Å². The number of thiophene rings is 1. The van der Waals surface area contributed by atoms with E-state index in [0.29, 0.717) is 6.04 Å². The van der Waals surface area contributed by atoms with Crippen LogP contribution in [0.2, 0.25) is 0 Å². The molecule has 17 heavy (non-hydrogen) atoms. The van der Waals surface area contributed by atoms with Gasteiger partial charge in [-0.2, -0.15) is 0 Å². The molecule has 3 heteroatoms. The van der Waals surface area contributed by atoms with Crippen LogP contribution in [0.3, 0.4) is 0 Å². The summed E-state index contributed by atoms with van der Waals surface area (Å²) in [6.45, 7) is 6.52. The normalized spacial score (nSPS) is 14.5. The van der Waals surface area contributed by atoms with Gasteiger partial charge in [-0.25, -0.2) is 0 Å². The van der Waals surface area contributed by atoms with Gasteiger partial charge in [-0.3, -0.25) is 4.98 Å². The highest BCUT2D eigenvalue weighted by Gasteiger charge is 2.14. The van der Waals surface area contributed by atoms with Gasteiger partial charge in [0.15, 0.2) is 0 Å². The molecular weight excluding hydrogens is 228 g/mol. The van der Waals surface area contributed by atoms with E-state index in [2.05, 4.69) is 48.6 Å². The minimum absolute atomic E-state index is 0.271. The molecule has 2 atom stereocenters. The molecule has 2 nitrogen and oxygen atoms in total. The summed E-state index contributed by atoms with van der Waals surface area (Å²) in [6.07, 6.45) is 1.84. The predicted octanol–water partition coefficient (Wildman–Crippen LogP) is 3.86. The second-order valence-electron chi connectivity index (χ2n) is 4.33. The van der Waals surface area contributed by atoms with Gasteiger partial charge in [0.1, 0.15) is 0 Å². The van der Waals surface area contributed by atoms with Crippen LogP contribution in [-0.4, -0.2) is 4.98 Å². The van der Waals surface area contributed by atoms with E-state index in [1.807, 2.05) is 29.7 Å². The minimum atomic E-state index is 0.271. The van der Waals surface area contributed by atoms with Crippen molar-refractivity contribution in [3.63, 3.8) is 0 Å². The topological polar surface area (TPSA) is 24.9 Å². The average molecular weight is 246 g/mol. The van der Waals surface area contributed by atoms with E-state index < -0.39 is 0 Å². The SMILES string of the molecule is Cc1ccsc1C(C)N[C@@H](C)c1ccccn1. The Morgan fingerprint density at radius 2 is 2.00 bits per heavy atom. The first-order valence-corrected chi connectivity index (χ1v) is 6.77. The maximum Gasteiger partial charge on any atom is 0.0570 e. The summed E-state index contributed by atoms with van der Waals surface area (Å²) in [7, 11) is 0. The molecule has 1 N–H and O–H groups in total. The van der Waals surface area contributed by atoms with E-state index in [1.165, 1.54) is 10.4 Å². The number of pyridine rings is 1. The highest BCUT2D eigenvalue weighted by molar-refractivity contribution is 7.10. The van der Waals surface area contributed by atoms with Crippen molar-refractivity contribution >= 4 is 11.3 Å². The first-order chi connectivity index (χ1) is 8.18. The van der Waals surface area contributed by atoms with Crippen LogP contribution in [0.25, 0.3) is 0 Å². The van der Waals surface area contributed by atoms with E-state index in [4.69, 9.17) is 0 Å². The molecular formula is C14H18N2S. The van der Waals surface area contributed by atoms with Gasteiger partial charge in [-0.05, 0) is 49.9 Å². The van der Waals surface area contributed by atoms with E-state index in [9.17, 15) is 0 Å². The smallest absolute Gasteiger partial charge is 0.0570 e. The lowest BCUT2D eigenvalue weighted by Crippen LogP contribution is -2.22. The molecule has 0 aromatic carbocycles. The van der Waals surface area contributed by atoms with Crippen molar-refractivity contribution in [3.05, 3.63) is 52.0 Å². The fraction of sp³-hybridized carbons (Fsp3) is 0.357. The number of hydrogen-bond acceptors (Lipinski definition) is 3. The van der Waals surface area contributed by atoms with E-state index in [-0.39, 0.29) is 6.04 Å². The molecule has 0 saturated heterocycles. The zero-order valence-corrected chi connectivity index (χ0v) is 11.3. The van der Waals surface area contributed by atoms with Crippen molar-refractivity contribution < 1.29 is 0 Å². The highest BCUT2D eigenvalue weighted by Crippen LogP contribution is 2.25. The van der Waals surface area contributed by atoms with Crippen LogP contribution in [0.4, 0.5) is 0 Å². The standard InChI is InChI=1S/C14H18N2S/c1-10-7-9-17-14(10)12(3)16-11(2)13-6-4-5-8-15-13/h4-9,11-12,16H,1-3H3/t11-,12?/m0/s1. The number of nitrogens with one attached hydrogen (secondary N) is 1. The average Bonchev–Trinajstić information content (AvgIpc) is 2.76.